The van der Waals surface area contributed by atoms with Crippen LogP contribution < -0.4 is 5.32 Å². The van der Waals surface area contributed by atoms with E-state index in [4.69, 9.17) is 6.42 Å². The van der Waals surface area contributed by atoms with Crippen LogP contribution in [-0.4, -0.2) is 22.4 Å². The maximum absolute atomic E-state index is 11.2. The van der Waals surface area contributed by atoms with Gasteiger partial charge in [-0.2, -0.15) is 0 Å². The van der Waals surface area contributed by atoms with Crippen molar-refractivity contribution < 1.29 is 9.72 Å². The summed E-state index contributed by atoms with van der Waals surface area (Å²) in [6.45, 7) is 0.0889. The highest BCUT2D eigenvalue weighted by molar-refractivity contribution is 5.93. The molecule has 0 saturated carbocycles. The molecule has 0 atom stereocenters. The summed E-state index contributed by atoms with van der Waals surface area (Å²) in [5.74, 6) is 1.76. The van der Waals surface area contributed by atoms with Crippen molar-refractivity contribution in [3.8, 4) is 12.3 Å². The Labute approximate surface area is 79.5 Å². The third-order valence-corrected chi connectivity index (χ3v) is 1.47. The van der Waals surface area contributed by atoms with Crippen LogP contribution in [0.25, 0.3) is 0 Å². The number of H-pyrrole nitrogens is 1. The summed E-state index contributed by atoms with van der Waals surface area (Å²) in [4.78, 5) is 23.3. The van der Waals surface area contributed by atoms with Crippen molar-refractivity contribution in [2.45, 2.75) is 0 Å². The van der Waals surface area contributed by atoms with Gasteiger partial charge in [-0.15, -0.1) is 6.42 Å². The van der Waals surface area contributed by atoms with Gasteiger partial charge < -0.3 is 10.3 Å². The topological polar surface area (TPSA) is 88.0 Å². The number of nitrogens with zero attached hydrogens (tertiary/aromatic N) is 1. The fourth-order valence-electron chi connectivity index (χ4n) is 0.846. The second-order valence-electron chi connectivity index (χ2n) is 2.42. The van der Waals surface area contributed by atoms with Crippen molar-refractivity contribution in [2.24, 2.45) is 0 Å². The highest BCUT2D eigenvalue weighted by Crippen LogP contribution is 2.11. The van der Waals surface area contributed by atoms with Crippen molar-refractivity contribution in [2.75, 3.05) is 6.54 Å². The Bertz CT molecular complexity index is 402. The monoisotopic (exact) mass is 193 g/mol. The smallest absolute Gasteiger partial charge is 0.287 e. The van der Waals surface area contributed by atoms with Gasteiger partial charge in [0.15, 0.2) is 0 Å². The van der Waals surface area contributed by atoms with Crippen molar-refractivity contribution >= 4 is 11.6 Å². The number of carbonyl (C=O) groups excluding carboxylic acids is 1. The zero-order valence-corrected chi connectivity index (χ0v) is 7.11. The molecule has 1 heterocycles. The number of aromatic nitrogens is 1. The van der Waals surface area contributed by atoms with Crippen LogP contribution in [0.3, 0.4) is 0 Å². The highest BCUT2D eigenvalue weighted by Gasteiger charge is 2.13. The maximum atomic E-state index is 11.2. The van der Waals surface area contributed by atoms with Gasteiger partial charge in [0, 0.05) is 6.07 Å². The van der Waals surface area contributed by atoms with Crippen LogP contribution in [-0.2, 0) is 0 Å². The van der Waals surface area contributed by atoms with Crippen LogP contribution in [0.1, 0.15) is 10.5 Å². The van der Waals surface area contributed by atoms with Gasteiger partial charge in [0.1, 0.15) is 5.69 Å². The molecule has 1 rings (SSSR count). The molecular weight excluding hydrogens is 186 g/mol. The molecule has 0 spiro atoms. The molecule has 14 heavy (non-hydrogen) atoms. The Morgan fingerprint density at radius 1 is 1.79 bits per heavy atom. The number of aromatic amines is 1. The third kappa shape index (κ3) is 2.10. The van der Waals surface area contributed by atoms with Gasteiger partial charge in [0.05, 0.1) is 17.7 Å². The van der Waals surface area contributed by atoms with Gasteiger partial charge in [-0.05, 0) is 0 Å². The molecule has 2 N–H and O–H groups in total. The average Bonchev–Trinajstić information content (AvgIpc) is 2.62. The van der Waals surface area contributed by atoms with Crippen LogP contribution in [0.4, 0.5) is 5.69 Å². The number of amides is 1. The fraction of sp³-hybridized carbons (Fsp3) is 0.125. The molecule has 0 aliphatic carbocycles. The lowest BCUT2D eigenvalue weighted by Gasteiger charge is -1.95. The minimum Gasteiger partial charge on any atom is -0.351 e. The summed E-state index contributed by atoms with van der Waals surface area (Å²) in [6, 6.07) is 1.14. The molecular formula is C8H7N3O3. The van der Waals surface area contributed by atoms with Crippen LogP contribution in [0, 0.1) is 22.5 Å². The first-order valence-electron chi connectivity index (χ1n) is 3.69. The Balaban J connectivity index is 2.72. The molecule has 1 aromatic rings. The number of nitrogens with one attached hydrogen (secondary N) is 2. The number of hydrogen-bond acceptors (Lipinski definition) is 3. The standard InChI is InChI=1S/C8H7N3O3/c1-2-3-9-8(12)7-4-6(5-10-7)11(13)14/h1,4-5,10H,3H2,(H,9,12). The molecule has 72 valence electrons. The van der Waals surface area contributed by atoms with E-state index in [1.165, 1.54) is 0 Å². The number of nitro groups is 1. The molecule has 6 heteroatoms. The van der Waals surface area contributed by atoms with E-state index in [0.717, 1.165) is 12.3 Å². The van der Waals surface area contributed by atoms with E-state index < -0.39 is 10.8 Å². The summed E-state index contributed by atoms with van der Waals surface area (Å²) in [7, 11) is 0. The molecule has 0 bridgehead atoms. The first-order chi connectivity index (χ1) is 6.65. The number of hydrogen-bond donors (Lipinski definition) is 2. The first kappa shape index (κ1) is 9.80. The molecule has 1 aromatic heterocycles. The lowest BCUT2D eigenvalue weighted by Crippen LogP contribution is -2.23. The molecule has 0 saturated heterocycles. The molecule has 0 radical (unpaired) electrons. The molecule has 6 nitrogen and oxygen atoms in total. The zero-order valence-electron chi connectivity index (χ0n) is 7.11. The summed E-state index contributed by atoms with van der Waals surface area (Å²) in [6.07, 6.45) is 6.07. The predicted octanol–water partition coefficient (Wildman–Crippen LogP) is 0.286. The average molecular weight is 193 g/mol. The van der Waals surface area contributed by atoms with Gasteiger partial charge >= 0.3 is 0 Å². The molecule has 0 unspecified atom stereocenters. The lowest BCUT2D eigenvalue weighted by molar-refractivity contribution is -0.384. The number of rotatable bonds is 3. The largest absolute Gasteiger partial charge is 0.351 e. The van der Waals surface area contributed by atoms with Gasteiger partial charge in [0.25, 0.3) is 11.6 Å². The van der Waals surface area contributed by atoms with Crippen molar-refractivity contribution in [3.05, 3.63) is 28.1 Å². The van der Waals surface area contributed by atoms with Crippen molar-refractivity contribution in [1.29, 1.82) is 0 Å². The number of carbonyl (C=O) groups is 1. The highest BCUT2D eigenvalue weighted by atomic mass is 16.6. The molecule has 0 aromatic carbocycles. The summed E-state index contributed by atoms with van der Waals surface area (Å²) >= 11 is 0. The van der Waals surface area contributed by atoms with Crippen molar-refractivity contribution in [3.63, 3.8) is 0 Å². The Morgan fingerprint density at radius 3 is 3.00 bits per heavy atom. The molecule has 0 fully saturated rings. The summed E-state index contributed by atoms with van der Waals surface area (Å²) in [5, 5.41) is 12.6. The van der Waals surface area contributed by atoms with Gasteiger partial charge in [-0.1, -0.05) is 5.92 Å². The van der Waals surface area contributed by atoms with E-state index in [0.29, 0.717) is 0 Å². The second kappa shape index (κ2) is 4.09. The molecule has 0 aliphatic rings. The van der Waals surface area contributed by atoms with E-state index in [2.05, 4.69) is 16.2 Å². The Morgan fingerprint density at radius 2 is 2.50 bits per heavy atom. The lowest BCUT2D eigenvalue weighted by atomic mass is 10.4. The van der Waals surface area contributed by atoms with Crippen molar-refractivity contribution in [1.82, 2.24) is 10.3 Å². The van der Waals surface area contributed by atoms with Gasteiger partial charge in [-0.3, -0.25) is 14.9 Å². The van der Waals surface area contributed by atoms with Crippen LogP contribution >= 0.6 is 0 Å². The Kier molecular flexibility index (Phi) is 2.86. The van der Waals surface area contributed by atoms with Gasteiger partial charge in [0.2, 0.25) is 0 Å². The van der Waals surface area contributed by atoms with Gasteiger partial charge in [-0.25, -0.2) is 0 Å². The maximum Gasteiger partial charge on any atom is 0.287 e. The van der Waals surface area contributed by atoms with E-state index in [1.54, 1.807) is 0 Å². The van der Waals surface area contributed by atoms with E-state index in [9.17, 15) is 14.9 Å². The summed E-state index contributed by atoms with van der Waals surface area (Å²) < 4.78 is 0. The van der Waals surface area contributed by atoms with Crippen LogP contribution in [0.15, 0.2) is 12.3 Å². The van der Waals surface area contributed by atoms with Crippen LogP contribution in [0.2, 0.25) is 0 Å². The minimum absolute atomic E-state index is 0.0889. The zero-order chi connectivity index (χ0) is 10.6. The quantitative estimate of drug-likeness (QED) is 0.410. The Hall–Kier alpha value is -2.29. The van der Waals surface area contributed by atoms with E-state index in [-0.39, 0.29) is 17.9 Å². The normalized spacial score (nSPS) is 9.07. The predicted molar refractivity (Wildman–Crippen MR) is 48.6 cm³/mol. The fourth-order valence-corrected chi connectivity index (χ4v) is 0.846. The number of terminal acetylenes is 1. The SMILES string of the molecule is C#CCNC(=O)c1cc([N+](=O)[O-])c[nH]1. The van der Waals surface area contributed by atoms with E-state index >= 15 is 0 Å². The minimum atomic E-state index is -0.589. The molecule has 1 amide bonds. The summed E-state index contributed by atoms with van der Waals surface area (Å²) in [5.41, 5.74) is -0.0391. The first-order valence-corrected chi connectivity index (χ1v) is 3.69. The third-order valence-electron chi connectivity index (χ3n) is 1.47. The van der Waals surface area contributed by atoms with E-state index in [1.807, 2.05) is 0 Å². The second-order valence-corrected chi connectivity index (χ2v) is 2.42. The van der Waals surface area contributed by atoms with Crippen LogP contribution in [0.5, 0.6) is 0 Å². The molecule has 0 aliphatic heterocycles.